The highest BCUT2D eigenvalue weighted by Crippen LogP contribution is 2.22. The first-order valence-electron chi connectivity index (χ1n) is 4.95. The van der Waals surface area contributed by atoms with Gasteiger partial charge in [-0.05, 0) is 38.5 Å². The van der Waals surface area contributed by atoms with Crippen molar-refractivity contribution >= 4 is 17.3 Å². The average Bonchev–Trinajstić information content (AvgIpc) is 2.17. The summed E-state index contributed by atoms with van der Waals surface area (Å²) in [6.45, 7) is 5.75. The maximum Gasteiger partial charge on any atom is 0.115 e. The largest absolute Gasteiger partial charge is 0.340 e. The van der Waals surface area contributed by atoms with Gasteiger partial charge in [0, 0.05) is 5.69 Å². The van der Waals surface area contributed by atoms with E-state index in [1.54, 1.807) is 0 Å². The molecule has 0 saturated carbocycles. The van der Waals surface area contributed by atoms with Crippen molar-refractivity contribution in [3.8, 4) is 6.07 Å². The summed E-state index contributed by atoms with van der Waals surface area (Å²) in [6.07, 6.45) is 0. The number of nitrogens with zero attached hydrogens (tertiary/aromatic N) is 2. The molecular formula is C12H15ClN2. The molecule has 0 aliphatic heterocycles. The van der Waals surface area contributed by atoms with Crippen LogP contribution in [0.15, 0.2) is 24.3 Å². The van der Waals surface area contributed by atoms with Crippen LogP contribution in [0.2, 0.25) is 0 Å². The molecule has 0 aliphatic carbocycles. The van der Waals surface area contributed by atoms with E-state index in [2.05, 4.69) is 6.07 Å². The first-order valence-corrected chi connectivity index (χ1v) is 5.38. The highest BCUT2D eigenvalue weighted by molar-refractivity contribution is 6.21. The van der Waals surface area contributed by atoms with Gasteiger partial charge in [0.25, 0.3) is 0 Å². The van der Waals surface area contributed by atoms with Crippen molar-refractivity contribution in [3.05, 3.63) is 29.8 Å². The fourth-order valence-electron chi connectivity index (χ4n) is 1.59. The van der Waals surface area contributed by atoms with Crippen LogP contribution in [-0.2, 0) is 0 Å². The number of alkyl halides is 1. The third-order valence-corrected chi connectivity index (χ3v) is 2.50. The SMILES string of the molecule is Cc1cccc(N(C(C)Cl)C(C)C#N)c1. The number of rotatable bonds is 3. The Morgan fingerprint density at radius 2 is 2.07 bits per heavy atom. The standard InChI is InChI=1S/C12H15ClN2/c1-9-5-4-6-12(7-9)15(11(3)13)10(2)8-14/h4-7,10-11H,1-3H3. The number of benzene rings is 1. The summed E-state index contributed by atoms with van der Waals surface area (Å²) in [4.78, 5) is 1.90. The molecule has 1 aromatic carbocycles. The molecule has 0 bridgehead atoms. The summed E-state index contributed by atoms with van der Waals surface area (Å²) >= 11 is 6.08. The number of anilines is 1. The fourth-order valence-corrected chi connectivity index (χ4v) is 1.87. The second-order valence-corrected chi connectivity index (χ2v) is 4.26. The molecule has 2 nitrogen and oxygen atoms in total. The minimum Gasteiger partial charge on any atom is -0.340 e. The Labute approximate surface area is 96.1 Å². The van der Waals surface area contributed by atoms with Gasteiger partial charge in [0.2, 0.25) is 0 Å². The summed E-state index contributed by atoms with van der Waals surface area (Å²) in [5.74, 6) is 0. The highest BCUT2D eigenvalue weighted by atomic mass is 35.5. The first-order chi connectivity index (χ1) is 7.06. The minimum atomic E-state index is -0.223. The molecule has 3 heteroatoms. The van der Waals surface area contributed by atoms with Gasteiger partial charge in [0.05, 0.1) is 6.07 Å². The van der Waals surface area contributed by atoms with E-state index in [4.69, 9.17) is 16.9 Å². The third-order valence-electron chi connectivity index (χ3n) is 2.29. The molecular weight excluding hydrogens is 208 g/mol. The zero-order valence-electron chi connectivity index (χ0n) is 9.24. The Kier molecular flexibility index (Phi) is 3.99. The van der Waals surface area contributed by atoms with Crippen LogP contribution in [-0.4, -0.2) is 11.5 Å². The molecule has 1 aromatic rings. The van der Waals surface area contributed by atoms with Gasteiger partial charge in [-0.25, -0.2) is 0 Å². The molecule has 15 heavy (non-hydrogen) atoms. The van der Waals surface area contributed by atoms with Gasteiger partial charge < -0.3 is 4.90 Å². The number of halogens is 1. The van der Waals surface area contributed by atoms with Crippen molar-refractivity contribution in [1.29, 1.82) is 5.26 Å². The average molecular weight is 223 g/mol. The summed E-state index contributed by atoms with van der Waals surface area (Å²) in [5.41, 5.74) is 1.97. The Morgan fingerprint density at radius 1 is 1.40 bits per heavy atom. The van der Waals surface area contributed by atoms with E-state index >= 15 is 0 Å². The first kappa shape index (κ1) is 11.9. The lowest BCUT2D eigenvalue weighted by molar-refractivity contribution is 0.730. The maximum atomic E-state index is 8.93. The van der Waals surface area contributed by atoms with Crippen LogP contribution in [0.25, 0.3) is 0 Å². The van der Waals surface area contributed by atoms with Crippen molar-refractivity contribution in [3.63, 3.8) is 0 Å². The maximum absolute atomic E-state index is 8.93. The van der Waals surface area contributed by atoms with Gasteiger partial charge >= 0.3 is 0 Å². The van der Waals surface area contributed by atoms with Crippen LogP contribution in [0, 0.1) is 18.3 Å². The molecule has 0 fully saturated rings. The van der Waals surface area contributed by atoms with Crippen LogP contribution < -0.4 is 4.90 Å². The van der Waals surface area contributed by atoms with Crippen LogP contribution in [0.1, 0.15) is 19.4 Å². The molecule has 0 aromatic heterocycles. The zero-order chi connectivity index (χ0) is 11.4. The number of hydrogen-bond acceptors (Lipinski definition) is 2. The molecule has 2 atom stereocenters. The molecule has 0 amide bonds. The lowest BCUT2D eigenvalue weighted by Gasteiger charge is -2.29. The molecule has 0 spiro atoms. The molecule has 2 unspecified atom stereocenters. The van der Waals surface area contributed by atoms with Gasteiger partial charge in [-0.2, -0.15) is 5.26 Å². The van der Waals surface area contributed by atoms with Gasteiger partial charge in [-0.15, -0.1) is 0 Å². The van der Waals surface area contributed by atoms with E-state index in [1.165, 1.54) is 5.56 Å². The molecule has 0 radical (unpaired) electrons. The Balaban J connectivity index is 3.05. The van der Waals surface area contributed by atoms with E-state index in [9.17, 15) is 0 Å². The highest BCUT2D eigenvalue weighted by Gasteiger charge is 2.18. The van der Waals surface area contributed by atoms with E-state index in [0.29, 0.717) is 0 Å². The Hall–Kier alpha value is -1.20. The summed E-state index contributed by atoms with van der Waals surface area (Å²) in [6, 6.07) is 9.99. The topological polar surface area (TPSA) is 27.0 Å². The lowest BCUT2D eigenvalue weighted by atomic mass is 10.2. The molecule has 0 aliphatic rings. The monoisotopic (exact) mass is 222 g/mol. The molecule has 1 rings (SSSR count). The van der Waals surface area contributed by atoms with Crippen molar-refractivity contribution in [2.24, 2.45) is 0 Å². The van der Waals surface area contributed by atoms with Gasteiger partial charge in [0.15, 0.2) is 0 Å². The molecule has 0 saturated heterocycles. The zero-order valence-corrected chi connectivity index (χ0v) is 9.99. The predicted molar refractivity (Wildman–Crippen MR) is 64.0 cm³/mol. The third kappa shape index (κ3) is 2.87. The smallest absolute Gasteiger partial charge is 0.115 e. The van der Waals surface area contributed by atoms with Gasteiger partial charge in [-0.3, -0.25) is 0 Å². The second kappa shape index (κ2) is 5.04. The van der Waals surface area contributed by atoms with Crippen LogP contribution in [0.5, 0.6) is 0 Å². The molecule has 0 heterocycles. The van der Waals surface area contributed by atoms with E-state index < -0.39 is 0 Å². The summed E-state index contributed by atoms with van der Waals surface area (Å²) in [7, 11) is 0. The Morgan fingerprint density at radius 3 is 2.53 bits per heavy atom. The molecule has 0 N–H and O–H groups in total. The summed E-state index contributed by atoms with van der Waals surface area (Å²) in [5, 5.41) is 8.93. The number of hydrogen-bond donors (Lipinski definition) is 0. The van der Waals surface area contributed by atoms with Gasteiger partial charge in [0.1, 0.15) is 11.5 Å². The number of aryl methyl sites for hydroxylation is 1. The van der Waals surface area contributed by atoms with E-state index in [1.807, 2.05) is 49.9 Å². The van der Waals surface area contributed by atoms with Crippen LogP contribution >= 0.6 is 11.6 Å². The molecule has 80 valence electrons. The van der Waals surface area contributed by atoms with Crippen LogP contribution in [0.3, 0.4) is 0 Å². The van der Waals surface area contributed by atoms with Crippen molar-refractivity contribution in [2.45, 2.75) is 32.3 Å². The fraction of sp³-hybridized carbons (Fsp3) is 0.417. The van der Waals surface area contributed by atoms with Crippen molar-refractivity contribution in [2.75, 3.05) is 4.90 Å². The normalized spacial score (nSPS) is 14.1. The van der Waals surface area contributed by atoms with Crippen LogP contribution in [0.4, 0.5) is 5.69 Å². The summed E-state index contributed by atoms with van der Waals surface area (Å²) < 4.78 is 0. The quantitative estimate of drug-likeness (QED) is 0.580. The van der Waals surface area contributed by atoms with E-state index in [0.717, 1.165) is 5.69 Å². The van der Waals surface area contributed by atoms with Crippen molar-refractivity contribution < 1.29 is 0 Å². The number of nitriles is 1. The minimum absolute atomic E-state index is 0.193. The van der Waals surface area contributed by atoms with Crippen molar-refractivity contribution in [1.82, 2.24) is 0 Å². The van der Waals surface area contributed by atoms with Gasteiger partial charge in [-0.1, -0.05) is 23.7 Å². The Bertz CT molecular complexity index is 368. The van der Waals surface area contributed by atoms with E-state index in [-0.39, 0.29) is 11.5 Å². The lowest BCUT2D eigenvalue weighted by Crippen LogP contribution is -2.36. The predicted octanol–water partition coefficient (Wildman–Crippen LogP) is 3.30. The second-order valence-electron chi connectivity index (χ2n) is 3.63.